The second-order valence-corrected chi connectivity index (χ2v) is 8.05. The summed E-state index contributed by atoms with van der Waals surface area (Å²) in [5.74, 6) is -0.568. The molecule has 1 aliphatic rings. The number of rotatable bonds is 4. The van der Waals surface area contributed by atoms with Crippen LogP contribution in [0.3, 0.4) is 0 Å². The summed E-state index contributed by atoms with van der Waals surface area (Å²) < 4.78 is 27.2. The number of benzene rings is 1. The molecule has 0 radical (unpaired) electrons. The van der Waals surface area contributed by atoms with Gasteiger partial charge in [-0.2, -0.15) is 4.31 Å². The molecule has 1 amide bonds. The number of nitrogens with zero attached hydrogens (tertiary/aromatic N) is 1. The van der Waals surface area contributed by atoms with E-state index in [4.69, 9.17) is 5.73 Å². The molecule has 1 saturated heterocycles. The van der Waals surface area contributed by atoms with E-state index in [2.05, 4.69) is 0 Å². The minimum Gasteiger partial charge on any atom is -0.366 e. The average molecular weight is 336 g/mol. The van der Waals surface area contributed by atoms with Gasteiger partial charge < -0.3 is 5.73 Å². The van der Waals surface area contributed by atoms with E-state index in [0.29, 0.717) is 12.1 Å². The summed E-state index contributed by atoms with van der Waals surface area (Å²) in [6, 6.07) is 9.60. The third-order valence-electron chi connectivity index (χ3n) is 3.82. The molecule has 1 aromatic heterocycles. The van der Waals surface area contributed by atoms with Crippen LogP contribution in [0.25, 0.3) is 0 Å². The van der Waals surface area contributed by atoms with Gasteiger partial charge in [-0.05, 0) is 48.6 Å². The van der Waals surface area contributed by atoms with Crippen molar-refractivity contribution in [3.05, 3.63) is 52.2 Å². The molecule has 116 valence electrons. The third-order valence-corrected chi connectivity index (χ3v) is 6.72. The number of nitrogens with two attached hydrogens (primary N) is 1. The van der Waals surface area contributed by atoms with Crippen LogP contribution in [0.1, 0.15) is 34.1 Å². The highest BCUT2D eigenvalue weighted by molar-refractivity contribution is 7.89. The zero-order valence-electron chi connectivity index (χ0n) is 11.8. The van der Waals surface area contributed by atoms with E-state index in [1.54, 1.807) is 15.6 Å². The number of sulfonamides is 1. The SMILES string of the molecule is NC(=O)c1ccc(S(=O)(=O)N2CCC[C@H]2c2cccs2)cc1. The molecule has 2 N–H and O–H groups in total. The highest BCUT2D eigenvalue weighted by atomic mass is 32.2. The van der Waals surface area contributed by atoms with Gasteiger partial charge in [0.15, 0.2) is 0 Å². The lowest BCUT2D eigenvalue weighted by Gasteiger charge is -2.23. The van der Waals surface area contributed by atoms with Gasteiger partial charge >= 0.3 is 0 Å². The van der Waals surface area contributed by atoms with E-state index in [0.717, 1.165) is 17.7 Å². The van der Waals surface area contributed by atoms with Crippen molar-refractivity contribution < 1.29 is 13.2 Å². The molecule has 2 aromatic rings. The molecule has 0 unspecified atom stereocenters. The topological polar surface area (TPSA) is 80.5 Å². The van der Waals surface area contributed by atoms with Gasteiger partial charge in [0.2, 0.25) is 15.9 Å². The zero-order valence-corrected chi connectivity index (χ0v) is 13.4. The quantitative estimate of drug-likeness (QED) is 0.931. The fourth-order valence-electron chi connectivity index (χ4n) is 2.72. The van der Waals surface area contributed by atoms with Crippen LogP contribution < -0.4 is 5.73 Å². The Kier molecular flexibility index (Phi) is 4.03. The Morgan fingerprint density at radius 3 is 2.55 bits per heavy atom. The molecule has 0 aliphatic carbocycles. The summed E-state index contributed by atoms with van der Waals surface area (Å²) >= 11 is 1.57. The predicted molar refractivity (Wildman–Crippen MR) is 85.1 cm³/mol. The number of carbonyl (C=O) groups is 1. The van der Waals surface area contributed by atoms with Gasteiger partial charge in [-0.3, -0.25) is 4.79 Å². The molecule has 1 aliphatic heterocycles. The Bertz CT molecular complexity index is 768. The summed E-state index contributed by atoms with van der Waals surface area (Å²) in [5.41, 5.74) is 5.48. The third kappa shape index (κ3) is 2.67. The lowest BCUT2D eigenvalue weighted by Crippen LogP contribution is -2.30. The monoisotopic (exact) mass is 336 g/mol. The average Bonchev–Trinajstić information content (AvgIpc) is 3.18. The highest BCUT2D eigenvalue weighted by Crippen LogP contribution is 2.38. The minimum atomic E-state index is -3.57. The van der Waals surface area contributed by atoms with E-state index < -0.39 is 15.9 Å². The van der Waals surface area contributed by atoms with Crippen LogP contribution in [0, 0.1) is 0 Å². The van der Waals surface area contributed by atoms with Crippen molar-refractivity contribution in [2.45, 2.75) is 23.8 Å². The van der Waals surface area contributed by atoms with E-state index in [9.17, 15) is 13.2 Å². The number of primary amides is 1. The smallest absolute Gasteiger partial charge is 0.248 e. The molecule has 1 atom stereocenters. The number of thiophene rings is 1. The van der Waals surface area contributed by atoms with Crippen LogP contribution in [0.15, 0.2) is 46.7 Å². The molecule has 22 heavy (non-hydrogen) atoms. The number of hydrogen-bond acceptors (Lipinski definition) is 4. The first-order chi connectivity index (χ1) is 10.5. The van der Waals surface area contributed by atoms with Crippen molar-refractivity contribution in [1.82, 2.24) is 4.31 Å². The van der Waals surface area contributed by atoms with E-state index in [1.165, 1.54) is 24.3 Å². The maximum Gasteiger partial charge on any atom is 0.248 e. The Morgan fingerprint density at radius 1 is 1.23 bits per heavy atom. The molecule has 1 aromatic carbocycles. The number of hydrogen-bond donors (Lipinski definition) is 1. The zero-order chi connectivity index (χ0) is 15.7. The van der Waals surface area contributed by atoms with Crippen LogP contribution in [0.2, 0.25) is 0 Å². The van der Waals surface area contributed by atoms with Crippen LogP contribution in [-0.4, -0.2) is 25.2 Å². The van der Waals surface area contributed by atoms with Crippen LogP contribution >= 0.6 is 11.3 Å². The van der Waals surface area contributed by atoms with Crippen molar-refractivity contribution in [3.8, 4) is 0 Å². The molecule has 2 heterocycles. The van der Waals surface area contributed by atoms with Gasteiger partial charge in [-0.25, -0.2) is 8.42 Å². The molecule has 5 nitrogen and oxygen atoms in total. The molecule has 0 saturated carbocycles. The molecule has 3 rings (SSSR count). The highest BCUT2D eigenvalue weighted by Gasteiger charge is 2.36. The fourth-order valence-corrected chi connectivity index (χ4v) is 5.33. The summed E-state index contributed by atoms with van der Waals surface area (Å²) in [5, 5.41) is 1.96. The van der Waals surface area contributed by atoms with Gasteiger partial charge in [0.05, 0.1) is 10.9 Å². The summed E-state index contributed by atoms with van der Waals surface area (Å²) in [7, 11) is -3.57. The first-order valence-electron chi connectivity index (χ1n) is 6.95. The predicted octanol–water partition coefficient (Wildman–Crippen LogP) is 2.37. The molecular formula is C15H16N2O3S2. The van der Waals surface area contributed by atoms with Gasteiger partial charge in [0, 0.05) is 17.0 Å². The molecular weight excluding hydrogens is 320 g/mol. The minimum absolute atomic E-state index is 0.0965. The second kappa shape index (κ2) is 5.83. The van der Waals surface area contributed by atoms with Crippen molar-refractivity contribution >= 4 is 27.3 Å². The largest absolute Gasteiger partial charge is 0.366 e. The van der Waals surface area contributed by atoms with Crippen molar-refractivity contribution in [3.63, 3.8) is 0 Å². The number of amides is 1. The maximum atomic E-state index is 12.8. The Hall–Kier alpha value is -1.70. The summed E-state index contributed by atoms with van der Waals surface area (Å²) in [6.07, 6.45) is 1.68. The van der Waals surface area contributed by atoms with Gasteiger partial charge in [0.25, 0.3) is 0 Å². The van der Waals surface area contributed by atoms with Gasteiger partial charge in [0.1, 0.15) is 0 Å². The molecule has 1 fully saturated rings. The van der Waals surface area contributed by atoms with Crippen molar-refractivity contribution in [1.29, 1.82) is 0 Å². The van der Waals surface area contributed by atoms with E-state index in [1.807, 2.05) is 17.5 Å². The van der Waals surface area contributed by atoms with E-state index >= 15 is 0 Å². The summed E-state index contributed by atoms with van der Waals surface area (Å²) in [6.45, 7) is 0.516. The van der Waals surface area contributed by atoms with Crippen LogP contribution in [0.5, 0.6) is 0 Å². The first kappa shape index (κ1) is 15.2. The maximum absolute atomic E-state index is 12.8. The van der Waals surface area contributed by atoms with Crippen LogP contribution in [-0.2, 0) is 10.0 Å². The fraction of sp³-hybridized carbons (Fsp3) is 0.267. The van der Waals surface area contributed by atoms with Gasteiger partial charge in [-0.1, -0.05) is 6.07 Å². The molecule has 7 heteroatoms. The molecule has 0 spiro atoms. The Labute approximate surface area is 133 Å². The van der Waals surface area contributed by atoms with Crippen LogP contribution in [0.4, 0.5) is 0 Å². The van der Waals surface area contributed by atoms with Gasteiger partial charge in [-0.15, -0.1) is 11.3 Å². The Morgan fingerprint density at radius 2 is 1.95 bits per heavy atom. The lowest BCUT2D eigenvalue weighted by atomic mass is 10.2. The van der Waals surface area contributed by atoms with Crippen molar-refractivity contribution in [2.24, 2.45) is 5.73 Å². The standard InChI is InChI=1S/C15H16N2O3S2/c16-15(18)11-5-7-12(8-6-11)22(19,20)17-9-1-3-13(17)14-4-2-10-21-14/h2,4-8,10,13H,1,3,9H2,(H2,16,18)/t13-/m0/s1. The lowest BCUT2D eigenvalue weighted by molar-refractivity contribution is 0.1000. The van der Waals surface area contributed by atoms with E-state index in [-0.39, 0.29) is 10.9 Å². The number of carbonyl (C=O) groups excluding carboxylic acids is 1. The Balaban J connectivity index is 1.93. The normalized spacial score (nSPS) is 19.4. The molecule has 0 bridgehead atoms. The summed E-state index contributed by atoms with van der Waals surface area (Å²) in [4.78, 5) is 12.3. The first-order valence-corrected chi connectivity index (χ1v) is 9.27. The second-order valence-electron chi connectivity index (χ2n) is 5.18. The van der Waals surface area contributed by atoms with Crippen molar-refractivity contribution in [2.75, 3.05) is 6.54 Å².